The second-order valence-electron chi connectivity index (χ2n) is 4.44. The molecule has 1 aromatic rings. The van der Waals surface area contributed by atoms with E-state index in [1.165, 1.54) is 0 Å². The zero-order valence-electron chi connectivity index (χ0n) is 10.8. The van der Waals surface area contributed by atoms with Crippen LogP contribution in [0.25, 0.3) is 0 Å². The predicted molar refractivity (Wildman–Crippen MR) is 65.3 cm³/mol. The molecule has 1 rings (SSSR count). The van der Waals surface area contributed by atoms with Crippen molar-refractivity contribution >= 4 is 5.97 Å². The minimum atomic E-state index is -1.03. The van der Waals surface area contributed by atoms with E-state index in [0.717, 1.165) is 12.1 Å². The Bertz CT molecular complexity index is 385. The lowest BCUT2D eigenvalue weighted by Gasteiger charge is -2.19. The fourth-order valence-corrected chi connectivity index (χ4v) is 1.40. The molecule has 0 saturated carbocycles. The Hall–Kier alpha value is -1.33. The Morgan fingerprint density at radius 3 is 2.71 bits per heavy atom. The molecule has 1 heterocycles. The molecule has 0 aromatic carbocycles. The van der Waals surface area contributed by atoms with Crippen molar-refractivity contribution in [3.63, 3.8) is 0 Å². The summed E-state index contributed by atoms with van der Waals surface area (Å²) in [6, 6.07) is 2.01. The lowest BCUT2D eigenvalue weighted by molar-refractivity contribution is 0.0661. The number of carboxylic acids is 1. The van der Waals surface area contributed by atoms with Gasteiger partial charge in [-0.25, -0.2) is 4.79 Å². The van der Waals surface area contributed by atoms with Crippen molar-refractivity contribution in [2.24, 2.45) is 0 Å². The second-order valence-corrected chi connectivity index (χ2v) is 4.44. The molecule has 1 aromatic heterocycles. The summed E-state index contributed by atoms with van der Waals surface area (Å²) in [4.78, 5) is 12.8. The molecule has 0 radical (unpaired) electrons. The number of rotatable bonds is 6. The van der Waals surface area contributed by atoms with Gasteiger partial charge in [0.1, 0.15) is 5.76 Å². The van der Waals surface area contributed by atoms with E-state index in [1.54, 1.807) is 13.0 Å². The molecule has 5 nitrogen and oxygen atoms in total. The number of likely N-dealkylation sites (N-methyl/N-ethyl adjacent to an activating group) is 1. The molecule has 17 heavy (non-hydrogen) atoms. The van der Waals surface area contributed by atoms with Crippen molar-refractivity contribution in [3.8, 4) is 0 Å². The molecule has 5 heteroatoms. The Balaban J connectivity index is 2.49. The molecule has 0 aliphatic heterocycles. The number of carbonyl (C=O) groups is 1. The maximum absolute atomic E-state index is 10.7. The van der Waals surface area contributed by atoms with Crippen molar-refractivity contribution in [2.45, 2.75) is 26.4 Å². The van der Waals surface area contributed by atoms with E-state index >= 15 is 0 Å². The van der Waals surface area contributed by atoms with Crippen LogP contribution in [0.1, 0.15) is 28.8 Å². The van der Waals surface area contributed by atoms with Gasteiger partial charge in [-0.2, -0.15) is 0 Å². The molecular formula is C12H20N2O3. The van der Waals surface area contributed by atoms with Gasteiger partial charge in [0.05, 0.1) is 0 Å². The van der Waals surface area contributed by atoms with E-state index in [4.69, 9.17) is 9.52 Å². The standard InChI is InChI=1S/C12H20N2O3/c1-8(14(3)4)6-13-7-10-5-11(12(15)16)17-9(10)2/h5,8,13H,6-7H2,1-4H3,(H,15,16). The van der Waals surface area contributed by atoms with Crippen molar-refractivity contribution in [1.29, 1.82) is 0 Å². The highest BCUT2D eigenvalue weighted by Gasteiger charge is 2.13. The van der Waals surface area contributed by atoms with Crippen LogP contribution in [0.5, 0.6) is 0 Å². The Kier molecular flexibility index (Phi) is 4.72. The Labute approximate surface area is 101 Å². The van der Waals surface area contributed by atoms with Crippen molar-refractivity contribution in [3.05, 3.63) is 23.2 Å². The van der Waals surface area contributed by atoms with Crippen LogP contribution in [-0.4, -0.2) is 42.7 Å². The maximum atomic E-state index is 10.7. The number of aryl methyl sites for hydroxylation is 1. The van der Waals surface area contributed by atoms with Crippen LogP contribution >= 0.6 is 0 Å². The summed E-state index contributed by atoms with van der Waals surface area (Å²) >= 11 is 0. The van der Waals surface area contributed by atoms with E-state index in [0.29, 0.717) is 18.3 Å². The van der Waals surface area contributed by atoms with Crippen molar-refractivity contribution in [2.75, 3.05) is 20.6 Å². The fraction of sp³-hybridized carbons (Fsp3) is 0.583. The minimum absolute atomic E-state index is 0.0000388. The normalized spacial score (nSPS) is 13.0. The summed E-state index contributed by atoms with van der Waals surface area (Å²) in [5, 5.41) is 12.1. The number of furan rings is 1. The quantitative estimate of drug-likeness (QED) is 0.785. The first-order valence-electron chi connectivity index (χ1n) is 5.61. The third-order valence-electron chi connectivity index (χ3n) is 2.87. The van der Waals surface area contributed by atoms with Gasteiger partial charge < -0.3 is 19.7 Å². The minimum Gasteiger partial charge on any atom is -0.475 e. The SMILES string of the molecule is Cc1oc(C(=O)O)cc1CNCC(C)N(C)C. The summed E-state index contributed by atoms with van der Waals surface area (Å²) in [5.41, 5.74) is 0.897. The lowest BCUT2D eigenvalue weighted by Crippen LogP contribution is -2.35. The van der Waals surface area contributed by atoms with Gasteiger partial charge in [-0.05, 0) is 34.0 Å². The highest BCUT2D eigenvalue weighted by molar-refractivity contribution is 5.84. The number of carboxylic acid groups (broad SMARTS) is 1. The average Bonchev–Trinajstić information content (AvgIpc) is 2.60. The number of nitrogens with one attached hydrogen (secondary N) is 1. The molecular weight excluding hydrogens is 220 g/mol. The van der Waals surface area contributed by atoms with Gasteiger partial charge in [0, 0.05) is 24.7 Å². The van der Waals surface area contributed by atoms with Gasteiger partial charge >= 0.3 is 5.97 Å². The first-order chi connectivity index (χ1) is 7.91. The zero-order valence-corrected chi connectivity index (χ0v) is 10.8. The molecule has 0 spiro atoms. The van der Waals surface area contributed by atoms with Crippen molar-refractivity contribution in [1.82, 2.24) is 10.2 Å². The summed E-state index contributed by atoms with van der Waals surface area (Å²) in [6.45, 7) is 5.37. The molecule has 0 aliphatic carbocycles. The van der Waals surface area contributed by atoms with Crippen LogP contribution < -0.4 is 5.32 Å². The Morgan fingerprint density at radius 2 is 2.24 bits per heavy atom. The predicted octanol–water partition coefficient (Wildman–Crippen LogP) is 1.33. The average molecular weight is 240 g/mol. The second kappa shape index (κ2) is 5.84. The highest BCUT2D eigenvalue weighted by Crippen LogP contribution is 2.14. The van der Waals surface area contributed by atoms with Crippen LogP contribution in [0.4, 0.5) is 0 Å². The van der Waals surface area contributed by atoms with E-state index in [2.05, 4.69) is 17.1 Å². The van der Waals surface area contributed by atoms with Crippen LogP contribution in [-0.2, 0) is 6.54 Å². The molecule has 0 bridgehead atoms. The molecule has 0 amide bonds. The smallest absolute Gasteiger partial charge is 0.371 e. The van der Waals surface area contributed by atoms with E-state index in [-0.39, 0.29) is 5.76 Å². The van der Waals surface area contributed by atoms with Gasteiger partial charge in [0.15, 0.2) is 0 Å². The molecule has 96 valence electrons. The van der Waals surface area contributed by atoms with Crippen LogP contribution in [0.3, 0.4) is 0 Å². The first-order valence-corrected chi connectivity index (χ1v) is 5.61. The molecule has 1 atom stereocenters. The number of aromatic carboxylic acids is 1. The Morgan fingerprint density at radius 1 is 1.59 bits per heavy atom. The first kappa shape index (κ1) is 13.7. The van der Waals surface area contributed by atoms with Crippen LogP contribution in [0.2, 0.25) is 0 Å². The van der Waals surface area contributed by atoms with E-state index in [1.807, 2.05) is 14.1 Å². The van der Waals surface area contributed by atoms with Gasteiger partial charge in [-0.1, -0.05) is 0 Å². The summed E-state index contributed by atoms with van der Waals surface area (Å²) < 4.78 is 5.13. The number of nitrogens with zero attached hydrogens (tertiary/aromatic N) is 1. The number of hydrogen-bond donors (Lipinski definition) is 2. The highest BCUT2D eigenvalue weighted by atomic mass is 16.4. The monoisotopic (exact) mass is 240 g/mol. The summed E-state index contributed by atoms with van der Waals surface area (Å²) in [5.74, 6) is -0.367. The van der Waals surface area contributed by atoms with Gasteiger partial charge in [-0.15, -0.1) is 0 Å². The zero-order chi connectivity index (χ0) is 13.0. The topological polar surface area (TPSA) is 65.7 Å². The van der Waals surface area contributed by atoms with E-state index < -0.39 is 5.97 Å². The van der Waals surface area contributed by atoms with Crippen LogP contribution in [0, 0.1) is 6.92 Å². The molecule has 1 unspecified atom stereocenters. The molecule has 2 N–H and O–H groups in total. The molecule has 0 fully saturated rings. The maximum Gasteiger partial charge on any atom is 0.371 e. The van der Waals surface area contributed by atoms with Gasteiger partial charge in [-0.3, -0.25) is 0 Å². The molecule has 0 saturated heterocycles. The largest absolute Gasteiger partial charge is 0.475 e. The lowest BCUT2D eigenvalue weighted by atomic mass is 10.2. The van der Waals surface area contributed by atoms with Crippen LogP contribution in [0.15, 0.2) is 10.5 Å². The van der Waals surface area contributed by atoms with E-state index in [9.17, 15) is 4.79 Å². The third kappa shape index (κ3) is 3.87. The summed E-state index contributed by atoms with van der Waals surface area (Å²) in [7, 11) is 4.05. The summed E-state index contributed by atoms with van der Waals surface area (Å²) in [6.07, 6.45) is 0. The molecule has 0 aliphatic rings. The third-order valence-corrected chi connectivity index (χ3v) is 2.87. The fourth-order valence-electron chi connectivity index (χ4n) is 1.40. The van der Waals surface area contributed by atoms with Gasteiger partial charge in [0.25, 0.3) is 0 Å². The van der Waals surface area contributed by atoms with Crippen molar-refractivity contribution < 1.29 is 14.3 Å². The van der Waals surface area contributed by atoms with Gasteiger partial charge in [0.2, 0.25) is 5.76 Å². The number of hydrogen-bond acceptors (Lipinski definition) is 4.